The van der Waals surface area contributed by atoms with Gasteiger partial charge in [0.1, 0.15) is 4.84 Å². The van der Waals surface area contributed by atoms with Crippen molar-refractivity contribution in [2.45, 2.75) is 13.5 Å². The summed E-state index contributed by atoms with van der Waals surface area (Å²) < 4.78 is -3.27. The minimum Gasteiger partial charge on any atom is -0.102 e. The predicted octanol–water partition coefficient (Wildman–Crippen LogP) is 5.29. The third-order valence-corrected chi connectivity index (χ3v) is 5.35. The third kappa shape index (κ3) is 2.80. The molecule has 0 fully saturated rings. The minimum atomic E-state index is -1.69. The summed E-state index contributed by atoms with van der Waals surface area (Å²) in [4.78, 5) is -1.11. The van der Waals surface area contributed by atoms with Crippen molar-refractivity contribution in [2.24, 2.45) is 0 Å². The summed E-state index contributed by atoms with van der Waals surface area (Å²) in [6, 6.07) is 8.72. The number of halogens is 6. The van der Waals surface area contributed by atoms with Gasteiger partial charge in [0.15, 0.2) is 8.67 Å². The number of hydrogen-bond acceptors (Lipinski definition) is 0. The maximum atomic E-state index is 6.08. The van der Waals surface area contributed by atoms with Crippen LogP contribution in [0.5, 0.6) is 0 Å². The molecule has 0 N–H and O–H groups in total. The van der Waals surface area contributed by atoms with Crippen molar-refractivity contribution in [1.82, 2.24) is 0 Å². The molecule has 0 aliphatic carbocycles. The molecule has 0 atom stereocenters. The van der Waals surface area contributed by atoms with Crippen molar-refractivity contribution in [3.05, 3.63) is 35.9 Å². The summed E-state index contributed by atoms with van der Waals surface area (Å²) in [5.41, 5.74) is 0.532. The maximum Gasteiger partial charge on any atom is 0.184 e. The van der Waals surface area contributed by atoms with Crippen molar-refractivity contribution in [2.75, 3.05) is 0 Å². The normalized spacial score (nSPS) is 13.3. The van der Waals surface area contributed by atoms with E-state index in [2.05, 4.69) is 0 Å². The van der Waals surface area contributed by atoms with Gasteiger partial charge < -0.3 is 0 Å². The second-order valence-electron chi connectivity index (χ2n) is 2.86. The summed E-state index contributed by atoms with van der Waals surface area (Å²) in [5, 5.41) is 0. The Bertz CT molecular complexity index is 319. The van der Waals surface area contributed by atoms with E-state index in [9.17, 15) is 0 Å². The van der Waals surface area contributed by atoms with Crippen LogP contribution in [-0.4, -0.2) is 9.17 Å². The first-order chi connectivity index (χ1) is 6.80. The van der Waals surface area contributed by atoms with E-state index in [0.717, 1.165) is 0 Å². The molecule has 0 radical (unpaired) electrons. The maximum absolute atomic E-state index is 6.08. The van der Waals surface area contributed by atoms with Gasteiger partial charge in [-0.25, -0.2) is 0 Å². The van der Waals surface area contributed by atoms with Gasteiger partial charge in [-0.3, -0.25) is 0 Å². The molecular weight excluding hydrogens is 321 g/mol. The number of alkyl halides is 6. The average molecular weight is 327 g/mol. The van der Waals surface area contributed by atoms with Gasteiger partial charge in [-0.05, 0) is 5.56 Å². The summed E-state index contributed by atoms with van der Waals surface area (Å²) in [6.45, 7) is 0. The van der Waals surface area contributed by atoms with Gasteiger partial charge in [0.25, 0.3) is 0 Å². The summed E-state index contributed by atoms with van der Waals surface area (Å²) in [7, 11) is 0. The van der Waals surface area contributed by atoms with E-state index in [4.69, 9.17) is 69.6 Å². The molecule has 0 spiro atoms. The van der Waals surface area contributed by atoms with Gasteiger partial charge in [0, 0.05) is 0 Å². The predicted molar refractivity (Wildman–Crippen MR) is 69.8 cm³/mol. The zero-order chi connectivity index (χ0) is 11.7. The highest BCUT2D eigenvalue weighted by Gasteiger charge is 2.52. The third-order valence-electron chi connectivity index (χ3n) is 1.83. The van der Waals surface area contributed by atoms with Gasteiger partial charge >= 0.3 is 0 Å². The zero-order valence-electron chi connectivity index (χ0n) is 7.23. The molecule has 15 heavy (non-hydrogen) atoms. The quantitative estimate of drug-likeness (QED) is 0.662. The Morgan fingerprint density at radius 1 is 0.867 bits per heavy atom. The molecule has 6 heteroatoms. The Labute approximate surface area is 118 Å². The fourth-order valence-corrected chi connectivity index (χ4v) is 2.22. The lowest BCUT2D eigenvalue weighted by atomic mass is 10.1. The first-order valence-electron chi connectivity index (χ1n) is 3.89. The lowest BCUT2D eigenvalue weighted by Gasteiger charge is -2.33. The molecule has 0 aliphatic heterocycles. The fraction of sp³-hybridized carbons (Fsp3) is 0.333. The Morgan fingerprint density at radius 2 is 1.33 bits per heavy atom. The van der Waals surface area contributed by atoms with Crippen LogP contribution in [-0.2, 0) is 4.33 Å². The van der Waals surface area contributed by atoms with E-state index in [1.54, 1.807) is 24.3 Å². The van der Waals surface area contributed by atoms with Crippen molar-refractivity contribution < 1.29 is 0 Å². The van der Waals surface area contributed by atoms with E-state index in [1.165, 1.54) is 0 Å². The molecule has 1 aromatic carbocycles. The first-order valence-corrected chi connectivity index (χ1v) is 6.28. The van der Waals surface area contributed by atoms with Crippen molar-refractivity contribution in [1.29, 1.82) is 0 Å². The second kappa shape index (κ2) is 5.08. The lowest BCUT2D eigenvalue weighted by molar-refractivity contribution is 0.728. The number of rotatable bonds is 3. The van der Waals surface area contributed by atoms with Crippen LogP contribution in [0.15, 0.2) is 30.3 Å². The first kappa shape index (κ1) is 14.0. The molecule has 0 aromatic heterocycles. The molecule has 0 amide bonds. The molecule has 0 saturated heterocycles. The summed E-state index contributed by atoms with van der Waals surface area (Å²) in [6.07, 6.45) is 0. The Balaban J connectivity index is 3.13. The zero-order valence-corrected chi connectivity index (χ0v) is 11.8. The smallest absolute Gasteiger partial charge is 0.102 e. The lowest BCUT2D eigenvalue weighted by Crippen LogP contribution is -2.39. The van der Waals surface area contributed by atoms with E-state index >= 15 is 0 Å². The van der Waals surface area contributed by atoms with Gasteiger partial charge in [-0.2, -0.15) is 0 Å². The van der Waals surface area contributed by atoms with Gasteiger partial charge in [-0.15, -0.1) is 23.2 Å². The standard InChI is InChI=1S/C9H6Cl6/c10-7(11)9(14,15)8(12,13)6-4-2-1-3-5-6/h1-5,7H. The molecule has 84 valence electrons. The molecule has 0 saturated carbocycles. The van der Waals surface area contributed by atoms with Crippen LogP contribution in [0.1, 0.15) is 5.56 Å². The highest BCUT2D eigenvalue weighted by atomic mass is 35.5. The molecule has 0 aliphatic rings. The molecular formula is C9H6Cl6. The van der Waals surface area contributed by atoms with Crippen LogP contribution in [0.2, 0.25) is 0 Å². The fourth-order valence-electron chi connectivity index (χ4n) is 0.977. The molecule has 0 unspecified atom stereocenters. The molecule has 0 bridgehead atoms. The van der Waals surface area contributed by atoms with Gasteiger partial charge in [0.2, 0.25) is 0 Å². The highest BCUT2D eigenvalue weighted by Crippen LogP contribution is 2.54. The van der Waals surface area contributed by atoms with Crippen molar-refractivity contribution in [3.8, 4) is 0 Å². The largest absolute Gasteiger partial charge is 0.184 e. The van der Waals surface area contributed by atoms with E-state index in [-0.39, 0.29) is 0 Å². The number of hydrogen-bond donors (Lipinski definition) is 0. The Kier molecular flexibility index (Phi) is 4.75. The van der Waals surface area contributed by atoms with Crippen LogP contribution in [0.25, 0.3) is 0 Å². The van der Waals surface area contributed by atoms with Crippen LogP contribution in [0.3, 0.4) is 0 Å². The van der Waals surface area contributed by atoms with Crippen molar-refractivity contribution in [3.63, 3.8) is 0 Å². The molecule has 0 nitrogen and oxygen atoms in total. The van der Waals surface area contributed by atoms with Crippen LogP contribution in [0.4, 0.5) is 0 Å². The van der Waals surface area contributed by atoms with E-state index in [1.807, 2.05) is 6.07 Å². The summed E-state index contributed by atoms with van der Waals surface area (Å²) >= 11 is 35.3. The topological polar surface area (TPSA) is 0 Å². The Hall–Kier alpha value is 0.960. The monoisotopic (exact) mass is 324 g/mol. The van der Waals surface area contributed by atoms with Crippen LogP contribution >= 0.6 is 69.6 Å². The average Bonchev–Trinajstić information content (AvgIpc) is 2.18. The minimum absolute atomic E-state index is 0.532. The summed E-state index contributed by atoms with van der Waals surface area (Å²) in [5.74, 6) is 0. The SMILES string of the molecule is ClC(Cl)C(Cl)(Cl)C(Cl)(Cl)c1ccccc1. The van der Waals surface area contributed by atoms with Gasteiger partial charge in [-0.1, -0.05) is 76.7 Å². The van der Waals surface area contributed by atoms with E-state index < -0.39 is 13.5 Å². The molecule has 0 heterocycles. The second-order valence-corrected chi connectivity index (χ2v) is 6.67. The van der Waals surface area contributed by atoms with Crippen LogP contribution < -0.4 is 0 Å². The van der Waals surface area contributed by atoms with Crippen LogP contribution in [0, 0.1) is 0 Å². The Morgan fingerprint density at radius 3 is 1.73 bits per heavy atom. The molecule has 1 aromatic rings. The molecule has 1 rings (SSSR count). The van der Waals surface area contributed by atoms with Gasteiger partial charge in [0.05, 0.1) is 0 Å². The van der Waals surface area contributed by atoms with Crippen molar-refractivity contribution >= 4 is 69.6 Å². The highest BCUT2D eigenvalue weighted by molar-refractivity contribution is 6.67. The van der Waals surface area contributed by atoms with E-state index in [0.29, 0.717) is 5.56 Å². The number of benzene rings is 1.